The van der Waals surface area contributed by atoms with Gasteiger partial charge in [-0.25, -0.2) is 15.2 Å². The van der Waals surface area contributed by atoms with Gasteiger partial charge in [-0.3, -0.25) is 5.43 Å². The van der Waals surface area contributed by atoms with Crippen molar-refractivity contribution in [1.29, 1.82) is 0 Å². The lowest BCUT2D eigenvalue weighted by molar-refractivity contribution is 0.0496. The predicted molar refractivity (Wildman–Crippen MR) is 68.7 cm³/mol. The van der Waals surface area contributed by atoms with Crippen LogP contribution in [0.2, 0.25) is 0 Å². The lowest BCUT2D eigenvalue weighted by Gasteiger charge is -2.19. The molecule has 2 N–H and O–H groups in total. The molecule has 0 saturated heterocycles. The van der Waals surface area contributed by atoms with Crippen LogP contribution in [0.25, 0.3) is 0 Å². The van der Waals surface area contributed by atoms with Crippen LogP contribution in [0.1, 0.15) is 39.8 Å². The van der Waals surface area contributed by atoms with E-state index in [-0.39, 0.29) is 0 Å². The predicted octanol–water partition coefficient (Wildman–Crippen LogP) is 1.82. The normalized spacial score (nSPS) is 11.3. The van der Waals surface area contributed by atoms with E-state index in [0.29, 0.717) is 6.54 Å². The number of imidazole rings is 1. The SMILES string of the molecule is CCCn1cncc1CNNC(=O)OC(C)(C)C. The van der Waals surface area contributed by atoms with Gasteiger partial charge >= 0.3 is 6.09 Å². The minimum Gasteiger partial charge on any atom is -0.443 e. The Kier molecular flexibility index (Phi) is 5.15. The Morgan fingerprint density at radius 1 is 1.50 bits per heavy atom. The second kappa shape index (κ2) is 6.39. The van der Waals surface area contributed by atoms with Gasteiger partial charge in [-0.05, 0) is 27.2 Å². The highest BCUT2D eigenvalue weighted by Gasteiger charge is 2.15. The standard InChI is InChI=1S/C12H22N4O2/c1-5-6-16-9-13-7-10(16)8-14-15-11(17)18-12(2,3)4/h7,9,14H,5-6,8H2,1-4H3,(H,15,17). The molecule has 0 aliphatic carbocycles. The molecule has 0 unspecified atom stereocenters. The number of carbonyl (C=O) groups excluding carboxylic acids is 1. The number of aromatic nitrogens is 2. The van der Waals surface area contributed by atoms with Crippen molar-refractivity contribution in [2.24, 2.45) is 0 Å². The highest BCUT2D eigenvalue weighted by molar-refractivity contribution is 5.66. The van der Waals surface area contributed by atoms with Crippen LogP contribution in [0.5, 0.6) is 0 Å². The van der Waals surface area contributed by atoms with Crippen molar-refractivity contribution >= 4 is 6.09 Å². The summed E-state index contributed by atoms with van der Waals surface area (Å²) in [6, 6.07) is 0. The number of rotatable bonds is 5. The van der Waals surface area contributed by atoms with Gasteiger partial charge in [0, 0.05) is 12.7 Å². The van der Waals surface area contributed by atoms with Gasteiger partial charge < -0.3 is 9.30 Å². The van der Waals surface area contributed by atoms with Gasteiger partial charge in [-0.15, -0.1) is 0 Å². The van der Waals surface area contributed by atoms with Gasteiger partial charge in [-0.1, -0.05) is 6.92 Å². The summed E-state index contributed by atoms with van der Waals surface area (Å²) in [5.74, 6) is 0. The minimum atomic E-state index is -0.490. The highest BCUT2D eigenvalue weighted by atomic mass is 16.6. The second-order valence-corrected chi connectivity index (χ2v) is 5.06. The maximum atomic E-state index is 11.4. The molecule has 1 aromatic rings. The average molecular weight is 254 g/mol. The lowest BCUT2D eigenvalue weighted by atomic mass is 10.2. The molecule has 0 aliphatic heterocycles. The van der Waals surface area contributed by atoms with E-state index < -0.39 is 11.7 Å². The van der Waals surface area contributed by atoms with E-state index >= 15 is 0 Å². The van der Waals surface area contributed by atoms with Crippen molar-refractivity contribution in [2.45, 2.75) is 52.8 Å². The van der Waals surface area contributed by atoms with E-state index in [1.165, 1.54) is 0 Å². The summed E-state index contributed by atoms with van der Waals surface area (Å²) in [5, 5.41) is 0. The van der Waals surface area contributed by atoms with Crippen molar-refractivity contribution < 1.29 is 9.53 Å². The smallest absolute Gasteiger partial charge is 0.422 e. The Morgan fingerprint density at radius 3 is 2.83 bits per heavy atom. The maximum absolute atomic E-state index is 11.4. The molecule has 0 fully saturated rings. The van der Waals surface area contributed by atoms with Crippen LogP contribution in [-0.4, -0.2) is 21.2 Å². The molecule has 0 atom stereocenters. The molecule has 0 bridgehead atoms. The van der Waals surface area contributed by atoms with Crippen LogP contribution < -0.4 is 10.9 Å². The van der Waals surface area contributed by atoms with E-state index in [0.717, 1.165) is 18.7 Å². The molecule has 0 aliphatic rings. The zero-order valence-electron chi connectivity index (χ0n) is 11.5. The highest BCUT2D eigenvalue weighted by Crippen LogP contribution is 2.06. The van der Waals surface area contributed by atoms with Crippen LogP contribution in [-0.2, 0) is 17.8 Å². The zero-order valence-corrected chi connectivity index (χ0v) is 11.5. The number of amides is 1. The summed E-state index contributed by atoms with van der Waals surface area (Å²) in [6.45, 7) is 9.01. The second-order valence-electron chi connectivity index (χ2n) is 5.06. The average Bonchev–Trinajstić information content (AvgIpc) is 2.64. The molecule has 18 heavy (non-hydrogen) atoms. The van der Waals surface area contributed by atoms with Crippen LogP contribution in [0.4, 0.5) is 4.79 Å². The van der Waals surface area contributed by atoms with Crippen LogP contribution >= 0.6 is 0 Å². The van der Waals surface area contributed by atoms with Gasteiger partial charge in [0.25, 0.3) is 0 Å². The summed E-state index contributed by atoms with van der Waals surface area (Å²) in [6.07, 6.45) is 4.13. The van der Waals surface area contributed by atoms with Gasteiger partial charge in [0.05, 0.1) is 18.6 Å². The molecule has 0 spiro atoms. The molecule has 0 aromatic carbocycles. The molecular formula is C12H22N4O2. The molecular weight excluding hydrogens is 232 g/mol. The van der Waals surface area contributed by atoms with Crippen molar-refractivity contribution in [1.82, 2.24) is 20.4 Å². The zero-order chi connectivity index (χ0) is 13.6. The fourth-order valence-electron chi connectivity index (χ4n) is 1.45. The fraction of sp³-hybridized carbons (Fsp3) is 0.667. The van der Waals surface area contributed by atoms with Gasteiger partial charge in [0.15, 0.2) is 0 Å². The Hall–Kier alpha value is -1.56. The van der Waals surface area contributed by atoms with Crippen molar-refractivity contribution in [3.8, 4) is 0 Å². The van der Waals surface area contributed by atoms with Crippen LogP contribution in [0.15, 0.2) is 12.5 Å². The van der Waals surface area contributed by atoms with Gasteiger partial charge in [0.2, 0.25) is 0 Å². The largest absolute Gasteiger partial charge is 0.443 e. The molecule has 1 aromatic heterocycles. The van der Waals surface area contributed by atoms with Crippen molar-refractivity contribution in [3.05, 3.63) is 18.2 Å². The van der Waals surface area contributed by atoms with E-state index in [9.17, 15) is 4.79 Å². The number of carbonyl (C=O) groups is 1. The van der Waals surface area contributed by atoms with E-state index in [2.05, 4.69) is 22.8 Å². The lowest BCUT2D eigenvalue weighted by Crippen LogP contribution is -2.41. The summed E-state index contributed by atoms with van der Waals surface area (Å²) in [5.41, 5.74) is 5.85. The number of aryl methyl sites for hydroxylation is 1. The van der Waals surface area contributed by atoms with Crippen molar-refractivity contribution in [3.63, 3.8) is 0 Å². The maximum Gasteiger partial charge on any atom is 0.422 e. The van der Waals surface area contributed by atoms with Crippen LogP contribution in [0, 0.1) is 0 Å². The Balaban J connectivity index is 2.33. The third-order valence-corrected chi connectivity index (χ3v) is 2.12. The van der Waals surface area contributed by atoms with E-state index in [1.54, 1.807) is 12.5 Å². The first-order valence-electron chi connectivity index (χ1n) is 6.13. The van der Waals surface area contributed by atoms with Gasteiger partial charge in [-0.2, -0.15) is 0 Å². The molecule has 1 amide bonds. The molecule has 6 heteroatoms. The third kappa shape index (κ3) is 5.18. The molecule has 0 radical (unpaired) electrons. The molecule has 1 heterocycles. The van der Waals surface area contributed by atoms with Gasteiger partial charge in [0.1, 0.15) is 5.60 Å². The Labute approximate surface area is 108 Å². The summed E-state index contributed by atoms with van der Waals surface area (Å²) in [7, 11) is 0. The molecule has 0 saturated carbocycles. The quantitative estimate of drug-likeness (QED) is 0.786. The van der Waals surface area contributed by atoms with E-state index in [4.69, 9.17) is 4.74 Å². The first kappa shape index (κ1) is 14.5. The number of hydrazine groups is 1. The third-order valence-electron chi connectivity index (χ3n) is 2.12. The number of nitrogens with zero attached hydrogens (tertiary/aromatic N) is 2. The Bertz CT molecular complexity index is 382. The number of hydrogen-bond acceptors (Lipinski definition) is 4. The topological polar surface area (TPSA) is 68.2 Å². The number of ether oxygens (including phenoxy) is 1. The number of nitrogens with one attached hydrogen (secondary N) is 2. The first-order valence-corrected chi connectivity index (χ1v) is 6.13. The molecule has 1 rings (SSSR count). The monoisotopic (exact) mass is 254 g/mol. The summed E-state index contributed by atoms with van der Waals surface area (Å²) in [4.78, 5) is 15.5. The minimum absolute atomic E-state index is 0.482. The summed E-state index contributed by atoms with van der Waals surface area (Å²) < 4.78 is 7.15. The van der Waals surface area contributed by atoms with Crippen LogP contribution in [0.3, 0.4) is 0 Å². The molecule has 102 valence electrons. The first-order chi connectivity index (χ1) is 8.42. The van der Waals surface area contributed by atoms with Crippen molar-refractivity contribution in [2.75, 3.05) is 0 Å². The fourth-order valence-corrected chi connectivity index (χ4v) is 1.45. The summed E-state index contributed by atoms with van der Waals surface area (Å²) >= 11 is 0. The van der Waals surface area contributed by atoms with E-state index in [1.807, 2.05) is 25.3 Å². The number of hydrogen-bond donors (Lipinski definition) is 2. The molecule has 6 nitrogen and oxygen atoms in total. The Morgan fingerprint density at radius 2 is 2.22 bits per heavy atom.